The zero-order chi connectivity index (χ0) is 15.2. The van der Waals surface area contributed by atoms with Crippen LogP contribution < -0.4 is 5.32 Å². The number of aromatic nitrogens is 2. The summed E-state index contributed by atoms with van der Waals surface area (Å²) in [4.78, 5) is 2.28. The van der Waals surface area contributed by atoms with E-state index < -0.39 is 11.9 Å². The molecule has 0 aliphatic rings. The molecule has 0 saturated carbocycles. The molecule has 0 spiro atoms. The molecule has 1 aromatic rings. The number of halogens is 3. The molecule has 116 valence electrons. The van der Waals surface area contributed by atoms with Crippen LogP contribution in [0.25, 0.3) is 0 Å². The lowest BCUT2D eigenvalue weighted by Gasteiger charge is -2.17. The van der Waals surface area contributed by atoms with E-state index in [1.807, 2.05) is 0 Å². The second kappa shape index (κ2) is 7.64. The van der Waals surface area contributed by atoms with Crippen LogP contribution in [0.15, 0.2) is 6.20 Å². The minimum absolute atomic E-state index is 0.195. The van der Waals surface area contributed by atoms with Crippen molar-refractivity contribution in [1.82, 2.24) is 20.0 Å². The number of rotatable bonds is 8. The van der Waals surface area contributed by atoms with E-state index in [4.69, 9.17) is 0 Å². The molecule has 1 N–H and O–H groups in total. The van der Waals surface area contributed by atoms with E-state index in [1.54, 1.807) is 0 Å². The van der Waals surface area contributed by atoms with Gasteiger partial charge in [0.05, 0.1) is 6.20 Å². The van der Waals surface area contributed by atoms with Gasteiger partial charge in [-0.2, -0.15) is 18.3 Å². The van der Waals surface area contributed by atoms with Crippen molar-refractivity contribution >= 4 is 0 Å². The van der Waals surface area contributed by atoms with Gasteiger partial charge in [0.15, 0.2) is 0 Å². The Labute approximate surface area is 117 Å². The minimum Gasteiger partial charge on any atom is -0.312 e. The lowest BCUT2D eigenvalue weighted by atomic mass is 10.2. The van der Waals surface area contributed by atoms with Gasteiger partial charge in [0, 0.05) is 19.2 Å². The zero-order valence-electron chi connectivity index (χ0n) is 12.3. The molecule has 0 atom stereocenters. The van der Waals surface area contributed by atoms with E-state index >= 15 is 0 Å². The van der Waals surface area contributed by atoms with Gasteiger partial charge in [-0.15, -0.1) is 0 Å². The first-order valence-electron chi connectivity index (χ1n) is 6.91. The Kier molecular flexibility index (Phi) is 6.48. The maximum atomic E-state index is 12.8. The zero-order valence-corrected chi connectivity index (χ0v) is 12.3. The van der Waals surface area contributed by atoms with Crippen molar-refractivity contribution in [2.45, 2.75) is 33.0 Å². The smallest absolute Gasteiger partial charge is 0.312 e. The Hall–Kier alpha value is -1.08. The fourth-order valence-corrected chi connectivity index (χ4v) is 2.17. The van der Waals surface area contributed by atoms with Crippen LogP contribution in [0.3, 0.4) is 0 Å². The molecule has 0 unspecified atom stereocenters. The molecule has 0 aliphatic heterocycles. The average molecular weight is 292 g/mol. The third-order valence-corrected chi connectivity index (χ3v) is 3.32. The Balaban J connectivity index is 2.40. The van der Waals surface area contributed by atoms with Crippen LogP contribution in [0.4, 0.5) is 13.2 Å². The maximum absolute atomic E-state index is 12.8. The van der Waals surface area contributed by atoms with Gasteiger partial charge in [-0.25, -0.2) is 0 Å². The summed E-state index contributed by atoms with van der Waals surface area (Å²) in [6.07, 6.45) is -2.16. The van der Waals surface area contributed by atoms with Crippen LogP contribution in [0, 0.1) is 0 Å². The van der Waals surface area contributed by atoms with E-state index in [-0.39, 0.29) is 12.1 Å². The molecule has 0 bridgehead atoms. The molecule has 7 heteroatoms. The highest BCUT2D eigenvalue weighted by atomic mass is 19.4. The third-order valence-electron chi connectivity index (χ3n) is 3.32. The molecule has 1 heterocycles. The average Bonchev–Trinajstić information content (AvgIpc) is 2.75. The summed E-state index contributed by atoms with van der Waals surface area (Å²) in [6.45, 7) is 8.04. The Morgan fingerprint density at radius 1 is 1.30 bits per heavy atom. The largest absolute Gasteiger partial charge is 0.433 e. The number of hydrogen-bond donors (Lipinski definition) is 1. The van der Waals surface area contributed by atoms with Crippen molar-refractivity contribution in [1.29, 1.82) is 0 Å². The van der Waals surface area contributed by atoms with Crippen LogP contribution >= 0.6 is 0 Å². The molecular weight excluding hydrogens is 269 g/mol. The molecule has 1 rings (SSSR count). The van der Waals surface area contributed by atoms with Crippen molar-refractivity contribution in [3.8, 4) is 0 Å². The number of hydrogen-bond acceptors (Lipinski definition) is 3. The van der Waals surface area contributed by atoms with E-state index in [9.17, 15) is 13.2 Å². The molecule has 4 nitrogen and oxygen atoms in total. The second-order valence-corrected chi connectivity index (χ2v) is 4.70. The van der Waals surface area contributed by atoms with Gasteiger partial charge in [-0.05, 0) is 32.6 Å². The second-order valence-electron chi connectivity index (χ2n) is 4.70. The molecule has 0 amide bonds. The molecule has 0 aliphatic carbocycles. The predicted molar refractivity (Wildman–Crippen MR) is 72.3 cm³/mol. The SMILES string of the molecule is CCN(CC)CCCNCc1cnn(C)c1C(F)(F)F. The fourth-order valence-electron chi connectivity index (χ4n) is 2.17. The standard InChI is InChI=1S/C13H23F3N4/c1-4-20(5-2)8-6-7-17-9-11-10-18-19(3)12(11)13(14,15)16/h10,17H,4-9H2,1-3H3. The van der Waals surface area contributed by atoms with Gasteiger partial charge < -0.3 is 10.2 Å². The monoisotopic (exact) mass is 292 g/mol. The fraction of sp³-hybridized carbons (Fsp3) is 0.769. The number of nitrogens with one attached hydrogen (secondary N) is 1. The summed E-state index contributed by atoms with van der Waals surface area (Å²) in [5.74, 6) is 0. The lowest BCUT2D eigenvalue weighted by Crippen LogP contribution is -2.27. The van der Waals surface area contributed by atoms with Crippen LogP contribution in [0.1, 0.15) is 31.5 Å². The van der Waals surface area contributed by atoms with Gasteiger partial charge >= 0.3 is 6.18 Å². The van der Waals surface area contributed by atoms with E-state index in [0.29, 0.717) is 6.54 Å². The number of aryl methyl sites for hydroxylation is 1. The van der Waals surface area contributed by atoms with E-state index in [0.717, 1.165) is 30.7 Å². The summed E-state index contributed by atoms with van der Waals surface area (Å²) in [6, 6.07) is 0. The highest BCUT2D eigenvalue weighted by Gasteiger charge is 2.36. The quantitative estimate of drug-likeness (QED) is 0.746. The van der Waals surface area contributed by atoms with Crippen LogP contribution in [-0.2, 0) is 19.8 Å². The Bertz CT molecular complexity index is 397. The van der Waals surface area contributed by atoms with Crippen molar-refractivity contribution in [2.24, 2.45) is 7.05 Å². The Morgan fingerprint density at radius 3 is 2.50 bits per heavy atom. The van der Waals surface area contributed by atoms with Crippen molar-refractivity contribution < 1.29 is 13.2 Å². The van der Waals surface area contributed by atoms with Crippen LogP contribution in [0.2, 0.25) is 0 Å². The lowest BCUT2D eigenvalue weighted by molar-refractivity contribution is -0.144. The van der Waals surface area contributed by atoms with Crippen LogP contribution in [-0.4, -0.2) is 40.9 Å². The summed E-state index contributed by atoms with van der Waals surface area (Å²) < 4.78 is 39.3. The highest BCUT2D eigenvalue weighted by molar-refractivity contribution is 5.20. The minimum atomic E-state index is -4.36. The number of alkyl halides is 3. The van der Waals surface area contributed by atoms with Crippen molar-refractivity contribution in [3.05, 3.63) is 17.5 Å². The molecule has 0 saturated heterocycles. The first-order valence-corrected chi connectivity index (χ1v) is 6.91. The highest BCUT2D eigenvalue weighted by Crippen LogP contribution is 2.31. The van der Waals surface area contributed by atoms with Gasteiger partial charge in [-0.3, -0.25) is 4.68 Å². The Morgan fingerprint density at radius 2 is 1.95 bits per heavy atom. The number of nitrogens with zero attached hydrogens (tertiary/aromatic N) is 3. The summed E-state index contributed by atoms with van der Waals surface area (Å²) in [5.41, 5.74) is -0.475. The first kappa shape index (κ1) is 17.0. The molecule has 0 radical (unpaired) electrons. The molecule has 1 aromatic heterocycles. The molecule has 0 fully saturated rings. The molecule has 20 heavy (non-hydrogen) atoms. The molecular formula is C13H23F3N4. The van der Waals surface area contributed by atoms with Crippen molar-refractivity contribution in [3.63, 3.8) is 0 Å². The first-order chi connectivity index (χ1) is 9.40. The summed E-state index contributed by atoms with van der Waals surface area (Å²) in [7, 11) is 1.31. The topological polar surface area (TPSA) is 33.1 Å². The normalized spacial score (nSPS) is 12.3. The third kappa shape index (κ3) is 4.79. The van der Waals surface area contributed by atoms with Gasteiger partial charge in [-0.1, -0.05) is 13.8 Å². The predicted octanol–water partition coefficient (Wildman–Crippen LogP) is 2.26. The van der Waals surface area contributed by atoms with Crippen LogP contribution in [0.5, 0.6) is 0 Å². The molecule has 0 aromatic carbocycles. The van der Waals surface area contributed by atoms with Gasteiger partial charge in [0.2, 0.25) is 0 Å². The van der Waals surface area contributed by atoms with E-state index in [1.165, 1.54) is 13.2 Å². The summed E-state index contributed by atoms with van der Waals surface area (Å²) in [5, 5.41) is 6.74. The summed E-state index contributed by atoms with van der Waals surface area (Å²) >= 11 is 0. The van der Waals surface area contributed by atoms with Gasteiger partial charge in [0.25, 0.3) is 0 Å². The maximum Gasteiger partial charge on any atom is 0.433 e. The van der Waals surface area contributed by atoms with E-state index in [2.05, 4.69) is 29.2 Å². The van der Waals surface area contributed by atoms with Gasteiger partial charge in [0.1, 0.15) is 5.69 Å². The van der Waals surface area contributed by atoms with Crippen molar-refractivity contribution in [2.75, 3.05) is 26.2 Å².